The van der Waals surface area contributed by atoms with Crippen LogP contribution in [-0.4, -0.2) is 29.3 Å². The Bertz CT molecular complexity index is 723. The number of nitrogens with two attached hydrogens (primary N) is 2. The quantitative estimate of drug-likeness (QED) is 0.593. The Morgan fingerprint density at radius 1 is 1.39 bits per heavy atom. The van der Waals surface area contributed by atoms with Crippen molar-refractivity contribution >= 4 is 17.6 Å². The minimum Gasteiger partial charge on any atom is -0.507 e. The molecule has 1 aromatic carbocycles. The van der Waals surface area contributed by atoms with Gasteiger partial charge in [-0.2, -0.15) is 0 Å². The maximum Gasteiger partial charge on any atom is 0.124 e. The van der Waals surface area contributed by atoms with Crippen molar-refractivity contribution in [1.82, 2.24) is 10.3 Å². The van der Waals surface area contributed by atoms with E-state index in [0.717, 1.165) is 17.8 Å². The number of morpholine rings is 1. The number of aromatic hydroxyl groups is 1. The third-order valence-electron chi connectivity index (χ3n) is 4.08. The molecule has 6 nitrogen and oxygen atoms in total. The van der Waals surface area contributed by atoms with E-state index in [1.165, 1.54) is 0 Å². The highest BCUT2D eigenvalue weighted by Crippen LogP contribution is 2.28. The van der Waals surface area contributed by atoms with Crippen molar-refractivity contribution in [2.45, 2.75) is 19.1 Å². The third-order valence-corrected chi connectivity index (χ3v) is 4.08. The smallest absolute Gasteiger partial charge is 0.124 e. The second-order valence-electron chi connectivity index (χ2n) is 5.72. The van der Waals surface area contributed by atoms with E-state index in [2.05, 4.69) is 10.3 Å². The van der Waals surface area contributed by atoms with Gasteiger partial charge in [0.25, 0.3) is 0 Å². The zero-order valence-electron chi connectivity index (χ0n) is 13.0. The highest BCUT2D eigenvalue weighted by Gasteiger charge is 2.25. The number of ether oxygens (including phenoxy) is 1. The first kappa shape index (κ1) is 15.5. The van der Waals surface area contributed by atoms with Crippen LogP contribution in [0.4, 0.5) is 5.82 Å². The van der Waals surface area contributed by atoms with Crippen LogP contribution in [0, 0.1) is 0 Å². The Morgan fingerprint density at radius 3 is 2.91 bits per heavy atom. The van der Waals surface area contributed by atoms with Gasteiger partial charge in [0.15, 0.2) is 0 Å². The topological polar surface area (TPSA) is 109 Å². The molecule has 1 aromatic heterocycles. The van der Waals surface area contributed by atoms with Gasteiger partial charge in [-0.05, 0) is 31.2 Å². The van der Waals surface area contributed by atoms with Gasteiger partial charge >= 0.3 is 0 Å². The molecule has 1 fully saturated rings. The summed E-state index contributed by atoms with van der Waals surface area (Å²) in [6, 6.07) is 8.98. The van der Waals surface area contributed by atoms with E-state index >= 15 is 0 Å². The van der Waals surface area contributed by atoms with Gasteiger partial charge in [0.1, 0.15) is 11.6 Å². The number of benzene rings is 1. The fourth-order valence-electron chi connectivity index (χ4n) is 2.84. The number of nitrogen functional groups attached to an aromatic ring is 1. The molecular weight excluding hydrogens is 292 g/mol. The normalized spacial score (nSPS) is 22.2. The van der Waals surface area contributed by atoms with E-state index in [1.807, 2.05) is 19.1 Å². The van der Waals surface area contributed by atoms with E-state index in [1.54, 1.807) is 24.3 Å². The van der Waals surface area contributed by atoms with Gasteiger partial charge in [0.2, 0.25) is 0 Å². The Balaban J connectivity index is 1.89. The minimum atomic E-state index is 0.0640. The van der Waals surface area contributed by atoms with E-state index in [4.69, 9.17) is 16.2 Å². The van der Waals surface area contributed by atoms with Crippen molar-refractivity contribution < 1.29 is 9.84 Å². The highest BCUT2D eigenvalue weighted by atomic mass is 16.5. The summed E-state index contributed by atoms with van der Waals surface area (Å²) < 4.78 is 5.66. The van der Waals surface area contributed by atoms with E-state index in [-0.39, 0.29) is 17.9 Å². The second-order valence-corrected chi connectivity index (χ2v) is 5.72. The highest BCUT2D eigenvalue weighted by molar-refractivity contribution is 5.84. The van der Waals surface area contributed by atoms with Crippen LogP contribution in [0.5, 0.6) is 5.75 Å². The van der Waals surface area contributed by atoms with Crippen LogP contribution in [0.1, 0.15) is 29.8 Å². The number of aromatic nitrogens is 1. The Kier molecular flexibility index (Phi) is 4.27. The minimum absolute atomic E-state index is 0.0640. The molecule has 0 radical (unpaired) electrons. The molecule has 2 heterocycles. The van der Waals surface area contributed by atoms with E-state index in [0.29, 0.717) is 23.7 Å². The van der Waals surface area contributed by atoms with E-state index in [9.17, 15) is 5.11 Å². The molecule has 2 atom stereocenters. The van der Waals surface area contributed by atoms with Crippen molar-refractivity contribution in [2.75, 3.05) is 18.9 Å². The van der Waals surface area contributed by atoms with Crippen LogP contribution < -0.4 is 16.8 Å². The fourth-order valence-corrected chi connectivity index (χ4v) is 2.84. The molecule has 1 aliphatic rings. The Labute approximate surface area is 135 Å². The summed E-state index contributed by atoms with van der Waals surface area (Å²) in [7, 11) is 0. The lowest BCUT2D eigenvalue weighted by Gasteiger charge is -2.29. The number of phenolic OH excluding ortho intramolecular Hbond substituents is 1. The molecule has 0 bridgehead atoms. The number of H-pyrrole nitrogens is 1. The van der Waals surface area contributed by atoms with E-state index < -0.39 is 0 Å². The van der Waals surface area contributed by atoms with Gasteiger partial charge in [-0.3, -0.25) is 0 Å². The second kappa shape index (κ2) is 6.36. The fraction of sp³-hybridized carbons (Fsp3) is 0.294. The number of rotatable bonds is 3. The van der Waals surface area contributed by atoms with Crippen molar-refractivity contribution in [2.24, 2.45) is 5.73 Å². The summed E-state index contributed by atoms with van der Waals surface area (Å²) in [5.41, 5.74) is 15.0. The van der Waals surface area contributed by atoms with Crippen LogP contribution in [0.15, 0.2) is 30.3 Å². The molecule has 2 unspecified atom stereocenters. The van der Waals surface area contributed by atoms with Crippen molar-refractivity contribution in [3.05, 3.63) is 47.2 Å². The first-order valence-corrected chi connectivity index (χ1v) is 7.65. The average Bonchev–Trinajstić information content (AvgIpc) is 2.89. The number of hydrogen-bond donors (Lipinski definition) is 5. The van der Waals surface area contributed by atoms with Crippen molar-refractivity contribution in [1.29, 1.82) is 0 Å². The van der Waals surface area contributed by atoms with Crippen LogP contribution in [0.2, 0.25) is 0 Å². The predicted octanol–water partition coefficient (Wildman–Crippen LogP) is 1.81. The lowest BCUT2D eigenvalue weighted by Crippen LogP contribution is -2.40. The van der Waals surface area contributed by atoms with Gasteiger partial charge in [-0.15, -0.1) is 0 Å². The molecule has 1 saturated heterocycles. The maximum absolute atomic E-state index is 9.89. The summed E-state index contributed by atoms with van der Waals surface area (Å²) in [6.07, 6.45) is 1.83. The molecule has 0 amide bonds. The average molecular weight is 314 g/mol. The summed E-state index contributed by atoms with van der Waals surface area (Å²) in [6.45, 7) is 3.54. The van der Waals surface area contributed by atoms with Gasteiger partial charge < -0.3 is 31.6 Å². The number of hydrogen-bond acceptors (Lipinski definition) is 5. The zero-order chi connectivity index (χ0) is 16.4. The Hall–Kier alpha value is -2.44. The first-order valence-electron chi connectivity index (χ1n) is 7.65. The number of aromatic amines is 1. The number of phenols is 1. The summed E-state index contributed by atoms with van der Waals surface area (Å²) >= 11 is 0. The number of nitrogens with one attached hydrogen (secondary N) is 2. The zero-order valence-corrected chi connectivity index (χ0v) is 13.0. The molecular formula is C17H22N4O2. The molecule has 7 N–H and O–H groups in total. The van der Waals surface area contributed by atoms with Crippen LogP contribution >= 0.6 is 0 Å². The van der Waals surface area contributed by atoms with Gasteiger partial charge in [-0.25, -0.2) is 0 Å². The standard InChI is InChI=1S/C17H22N4O2/c1-10-16(20-6-7-23-10)14-9-11(17(19)21-14)8-13(18)12-4-2-3-5-15(12)22/h2-5,8-10,16,20-22H,6-7,18-19H2,1H3/b13-8-. The SMILES string of the molecule is CC1OCCNC1c1cc(/C=C(\N)c2ccccc2O)c(N)[nH]1. The number of para-hydroxylation sites is 1. The molecule has 23 heavy (non-hydrogen) atoms. The first-order chi connectivity index (χ1) is 11.1. The molecule has 1 aliphatic heterocycles. The van der Waals surface area contributed by atoms with Gasteiger partial charge in [0.05, 0.1) is 18.8 Å². The monoisotopic (exact) mass is 314 g/mol. The molecule has 3 rings (SSSR count). The van der Waals surface area contributed by atoms with Crippen LogP contribution in [-0.2, 0) is 4.74 Å². The summed E-state index contributed by atoms with van der Waals surface area (Å²) in [5.74, 6) is 0.685. The van der Waals surface area contributed by atoms with Crippen molar-refractivity contribution in [3.63, 3.8) is 0 Å². The van der Waals surface area contributed by atoms with Gasteiger partial charge in [0, 0.05) is 29.1 Å². The maximum atomic E-state index is 9.89. The molecule has 0 spiro atoms. The summed E-state index contributed by atoms with van der Waals surface area (Å²) in [4.78, 5) is 3.19. The molecule has 2 aromatic rings. The number of anilines is 1. The van der Waals surface area contributed by atoms with Gasteiger partial charge in [-0.1, -0.05) is 12.1 Å². The largest absolute Gasteiger partial charge is 0.507 e. The predicted molar refractivity (Wildman–Crippen MR) is 91.5 cm³/mol. The lowest BCUT2D eigenvalue weighted by atomic mass is 10.1. The van der Waals surface area contributed by atoms with Crippen LogP contribution in [0.3, 0.4) is 0 Å². The lowest BCUT2D eigenvalue weighted by molar-refractivity contribution is 0.00657. The third kappa shape index (κ3) is 3.18. The molecule has 6 heteroatoms. The molecule has 122 valence electrons. The van der Waals surface area contributed by atoms with Crippen molar-refractivity contribution in [3.8, 4) is 5.75 Å². The molecule has 0 saturated carbocycles. The molecule has 0 aliphatic carbocycles. The van der Waals surface area contributed by atoms with Crippen LogP contribution in [0.25, 0.3) is 11.8 Å². The summed E-state index contributed by atoms with van der Waals surface area (Å²) in [5, 5.41) is 13.3. The Morgan fingerprint density at radius 2 is 2.17 bits per heavy atom.